The number of aryl methyl sites for hydroxylation is 3. The molecule has 0 saturated carbocycles. The van der Waals surface area contributed by atoms with Gasteiger partial charge in [0.1, 0.15) is 4.99 Å². The molecule has 3 N–H and O–H groups in total. The van der Waals surface area contributed by atoms with Crippen LogP contribution in [0.2, 0.25) is 0 Å². The maximum atomic E-state index is 5.87. The van der Waals surface area contributed by atoms with E-state index in [9.17, 15) is 0 Å². The van der Waals surface area contributed by atoms with Crippen LogP contribution in [0.15, 0.2) is 18.2 Å². The minimum atomic E-state index is 0.333. The first-order valence-electron chi connectivity index (χ1n) is 6.94. The van der Waals surface area contributed by atoms with Crippen molar-refractivity contribution < 1.29 is 0 Å². The van der Waals surface area contributed by atoms with Gasteiger partial charge in [-0.05, 0) is 43.9 Å². The third-order valence-electron chi connectivity index (χ3n) is 3.68. The largest absolute Gasteiger partial charge is 0.389 e. The lowest BCUT2D eigenvalue weighted by Gasteiger charge is -2.17. The van der Waals surface area contributed by atoms with Gasteiger partial charge in [0.25, 0.3) is 0 Å². The number of nitrogens with zero attached hydrogens (tertiary/aromatic N) is 2. The highest BCUT2D eigenvalue weighted by molar-refractivity contribution is 7.80. The summed E-state index contributed by atoms with van der Waals surface area (Å²) in [5, 5.41) is 11.8. The van der Waals surface area contributed by atoms with Crippen LogP contribution >= 0.6 is 12.2 Å². The number of anilines is 2. The lowest BCUT2D eigenvalue weighted by molar-refractivity contribution is 0.961. The van der Waals surface area contributed by atoms with E-state index in [0.29, 0.717) is 10.8 Å². The van der Waals surface area contributed by atoms with Crippen LogP contribution in [-0.4, -0.2) is 15.2 Å². The molecule has 4 nitrogen and oxygen atoms in total. The van der Waals surface area contributed by atoms with E-state index in [0.717, 1.165) is 34.5 Å². The first kappa shape index (κ1) is 15.4. The van der Waals surface area contributed by atoms with Gasteiger partial charge < -0.3 is 11.1 Å². The molecular weight excluding hydrogens is 280 g/mol. The smallest absolute Gasteiger partial charge is 0.163 e. The average Bonchev–Trinajstić information content (AvgIpc) is 2.44. The number of rotatable bonds is 4. The molecule has 0 fully saturated rings. The van der Waals surface area contributed by atoms with E-state index in [2.05, 4.69) is 47.6 Å². The van der Waals surface area contributed by atoms with E-state index in [1.54, 1.807) is 0 Å². The van der Waals surface area contributed by atoms with Crippen LogP contribution < -0.4 is 11.1 Å². The molecule has 0 bridgehead atoms. The Labute approximate surface area is 130 Å². The van der Waals surface area contributed by atoms with Gasteiger partial charge in [0.05, 0.1) is 11.3 Å². The fraction of sp³-hybridized carbons (Fsp3) is 0.312. The summed E-state index contributed by atoms with van der Waals surface area (Å²) >= 11 is 5.18. The van der Waals surface area contributed by atoms with E-state index in [1.807, 2.05) is 13.8 Å². The summed E-state index contributed by atoms with van der Waals surface area (Å²) in [6.45, 7) is 8.05. The van der Waals surface area contributed by atoms with Crippen LogP contribution in [-0.2, 0) is 6.42 Å². The molecule has 0 aliphatic carbocycles. The van der Waals surface area contributed by atoms with Crippen LogP contribution in [0.1, 0.15) is 34.9 Å². The molecule has 2 rings (SSSR count). The fourth-order valence-corrected chi connectivity index (χ4v) is 2.57. The topological polar surface area (TPSA) is 63.8 Å². The standard InChI is InChI=1S/C16H20N4S/c1-5-12-8-6-7-9(2)14(12)18-16-13(15(17)21)10(3)11(4)19-20-16/h6-8H,5H2,1-4H3,(H2,17,21)(H,18,20). The molecule has 2 aromatic rings. The van der Waals surface area contributed by atoms with Crippen molar-refractivity contribution in [3.8, 4) is 0 Å². The van der Waals surface area contributed by atoms with Crippen molar-refractivity contribution >= 4 is 28.7 Å². The summed E-state index contributed by atoms with van der Waals surface area (Å²) in [6.07, 6.45) is 0.935. The molecule has 0 saturated heterocycles. The maximum Gasteiger partial charge on any atom is 0.163 e. The Morgan fingerprint density at radius 3 is 2.57 bits per heavy atom. The first-order chi connectivity index (χ1) is 9.95. The summed E-state index contributed by atoms with van der Waals surface area (Å²) in [4.78, 5) is 0.333. The molecule has 21 heavy (non-hydrogen) atoms. The van der Waals surface area contributed by atoms with E-state index in [4.69, 9.17) is 18.0 Å². The van der Waals surface area contributed by atoms with Crippen LogP contribution in [0.5, 0.6) is 0 Å². The number of para-hydroxylation sites is 1. The van der Waals surface area contributed by atoms with Gasteiger partial charge in [-0.1, -0.05) is 37.3 Å². The van der Waals surface area contributed by atoms with Gasteiger partial charge in [-0.2, -0.15) is 5.10 Å². The molecule has 1 aromatic carbocycles. The minimum absolute atomic E-state index is 0.333. The summed E-state index contributed by atoms with van der Waals surface area (Å²) in [5.41, 5.74) is 11.9. The van der Waals surface area contributed by atoms with Gasteiger partial charge in [0, 0.05) is 5.69 Å². The second-order valence-electron chi connectivity index (χ2n) is 5.09. The summed E-state index contributed by atoms with van der Waals surface area (Å²) < 4.78 is 0. The van der Waals surface area contributed by atoms with E-state index in [1.165, 1.54) is 5.56 Å². The third-order valence-corrected chi connectivity index (χ3v) is 3.89. The number of thiocarbonyl (C=S) groups is 1. The Hall–Kier alpha value is -2.01. The average molecular weight is 300 g/mol. The molecule has 0 amide bonds. The zero-order chi connectivity index (χ0) is 15.6. The Morgan fingerprint density at radius 1 is 1.24 bits per heavy atom. The van der Waals surface area contributed by atoms with Gasteiger partial charge in [-0.15, -0.1) is 5.10 Å². The zero-order valence-corrected chi connectivity index (χ0v) is 13.6. The molecule has 0 atom stereocenters. The quantitative estimate of drug-likeness (QED) is 0.848. The van der Waals surface area contributed by atoms with E-state index >= 15 is 0 Å². The van der Waals surface area contributed by atoms with E-state index in [-0.39, 0.29) is 0 Å². The highest BCUT2D eigenvalue weighted by Crippen LogP contribution is 2.27. The van der Waals surface area contributed by atoms with Crippen molar-refractivity contribution in [1.82, 2.24) is 10.2 Å². The Morgan fingerprint density at radius 2 is 1.95 bits per heavy atom. The lowest BCUT2D eigenvalue weighted by Crippen LogP contribution is -2.17. The van der Waals surface area contributed by atoms with Crippen molar-refractivity contribution in [3.05, 3.63) is 46.1 Å². The molecular formula is C16H20N4S. The predicted molar refractivity (Wildman–Crippen MR) is 91.2 cm³/mol. The van der Waals surface area contributed by atoms with Gasteiger partial charge in [0.2, 0.25) is 0 Å². The fourth-order valence-electron chi connectivity index (χ4n) is 2.32. The van der Waals surface area contributed by atoms with Crippen LogP contribution in [0.4, 0.5) is 11.5 Å². The summed E-state index contributed by atoms with van der Waals surface area (Å²) in [7, 11) is 0. The molecule has 5 heteroatoms. The molecule has 1 heterocycles. The number of hydrogen-bond acceptors (Lipinski definition) is 4. The molecule has 0 spiro atoms. The summed E-state index contributed by atoms with van der Waals surface area (Å²) in [6, 6.07) is 6.22. The molecule has 0 aliphatic rings. The Kier molecular flexibility index (Phi) is 4.53. The SMILES string of the molecule is CCc1cccc(C)c1Nc1nnc(C)c(C)c1C(N)=S. The Bertz CT molecular complexity index is 695. The van der Waals surface area contributed by atoms with Crippen LogP contribution in [0.3, 0.4) is 0 Å². The monoisotopic (exact) mass is 300 g/mol. The number of benzene rings is 1. The molecule has 1 aromatic heterocycles. The minimum Gasteiger partial charge on any atom is -0.389 e. The number of nitrogens with two attached hydrogens (primary N) is 1. The van der Waals surface area contributed by atoms with Crippen LogP contribution in [0, 0.1) is 20.8 Å². The zero-order valence-electron chi connectivity index (χ0n) is 12.8. The van der Waals surface area contributed by atoms with E-state index < -0.39 is 0 Å². The van der Waals surface area contributed by atoms with Crippen molar-refractivity contribution in [2.75, 3.05) is 5.32 Å². The number of nitrogens with one attached hydrogen (secondary N) is 1. The number of hydrogen-bond donors (Lipinski definition) is 2. The van der Waals surface area contributed by atoms with Gasteiger partial charge in [-0.25, -0.2) is 0 Å². The molecule has 0 unspecified atom stereocenters. The van der Waals surface area contributed by atoms with Crippen molar-refractivity contribution in [2.45, 2.75) is 34.1 Å². The van der Waals surface area contributed by atoms with Gasteiger partial charge in [-0.3, -0.25) is 0 Å². The highest BCUT2D eigenvalue weighted by Gasteiger charge is 2.15. The molecule has 0 radical (unpaired) electrons. The van der Waals surface area contributed by atoms with Crippen molar-refractivity contribution in [1.29, 1.82) is 0 Å². The predicted octanol–water partition coefficient (Wildman–Crippen LogP) is 3.34. The summed E-state index contributed by atoms with van der Waals surface area (Å²) in [5.74, 6) is 0.620. The van der Waals surface area contributed by atoms with Crippen LogP contribution in [0.25, 0.3) is 0 Å². The second kappa shape index (κ2) is 6.18. The Balaban J connectivity index is 2.55. The second-order valence-corrected chi connectivity index (χ2v) is 5.53. The first-order valence-corrected chi connectivity index (χ1v) is 7.35. The van der Waals surface area contributed by atoms with Crippen molar-refractivity contribution in [2.24, 2.45) is 5.73 Å². The lowest BCUT2D eigenvalue weighted by atomic mass is 10.0. The molecule has 0 aliphatic heterocycles. The maximum absolute atomic E-state index is 5.87. The van der Waals surface area contributed by atoms with Gasteiger partial charge in [0.15, 0.2) is 5.82 Å². The van der Waals surface area contributed by atoms with Gasteiger partial charge >= 0.3 is 0 Å². The highest BCUT2D eigenvalue weighted by atomic mass is 32.1. The number of aromatic nitrogens is 2. The van der Waals surface area contributed by atoms with Crippen molar-refractivity contribution in [3.63, 3.8) is 0 Å². The third kappa shape index (κ3) is 3.03. The molecule has 110 valence electrons. The normalized spacial score (nSPS) is 10.5.